The molecule has 1 saturated carbocycles. The molecule has 0 aromatic carbocycles. The fraction of sp³-hybridized carbons (Fsp3) is 0.833. The number of hydrogen-bond acceptors (Lipinski definition) is 2. The Morgan fingerprint density at radius 2 is 2.10 bits per heavy atom. The van der Waals surface area contributed by atoms with Gasteiger partial charge in [-0.2, -0.15) is 5.26 Å². The normalized spacial score (nSPS) is 37.4. The van der Waals surface area contributed by atoms with Gasteiger partial charge in [0, 0.05) is 18.9 Å². The zero-order valence-corrected chi connectivity index (χ0v) is 5.35. The van der Waals surface area contributed by atoms with E-state index in [0.717, 1.165) is 0 Å². The average molecular weight is 146 g/mol. The van der Waals surface area contributed by atoms with Crippen LogP contribution in [0.4, 0.5) is 8.78 Å². The van der Waals surface area contributed by atoms with Crippen molar-refractivity contribution in [3.63, 3.8) is 0 Å². The van der Waals surface area contributed by atoms with E-state index in [0.29, 0.717) is 0 Å². The van der Waals surface area contributed by atoms with E-state index in [1.54, 1.807) is 6.07 Å². The zero-order chi connectivity index (χ0) is 7.78. The lowest BCUT2D eigenvalue weighted by Crippen LogP contribution is -2.23. The van der Waals surface area contributed by atoms with E-state index in [1.165, 1.54) is 0 Å². The fourth-order valence-electron chi connectivity index (χ4n) is 1.18. The second-order valence-corrected chi connectivity index (χ2v) is 2.66. The first-order chi connectivity index (χ1) is 4.55. The van der Waals surface area contributed by atoms with Crippen molar-refractivity contribution < 1.29 is 8.78 Å². The molecule has 0 saturated heterocycles. The van der Waals surface area contributed by atoms with Crippen LogP contribution in [0.3, 0.4) is 0 Å². The Bertz CT molecular complexity index is 173. The summed E-state index contributed by atoms with van der Waals surface area (Å²) in [5.41, 5.74) is 5.26. The van der Waals surface area contributed by atoms with Gasteiger partial charge in [0.1, 0.15) is 0 Å². The van der Waals surface area contributed by atoms with Gasteiger partial charge in [0.25, 0.3) is 5.92 Å². The van der Waals surface area contributed by atoms with Crippen molar-refractivity contribution in [3.05, 3.63) is 0 Å². The first-order valence-electron chi connectivity index (χ1n) is 3.08. The van der Waals surface area contributed by atoms with Gasteiger partial charge in [-0.15, -0.1) is 0 Å². The molecule has 1 aliphatic carbocycles. The highest BCUT2D eigenvalue weighted by atomic mass is 19.3. The molecule has 2 N–H and O–H groups in total. The summed E-state index contributed by atoms with van der Waals surface area (Å²) in [6, 6.07) is 1.13. The van der Waals surface area contributed by atoms with Crippen molar-refractivity contribution in [2.45, 2.75) is 24.8 Å². The minimum absolute atomic E-state index is 0.342. The minimum Gasteiger partial charge on any atom is -0.326 e. The molecule has 0 aliphatic heterocycles. The lowest BCUT2D eigenvalue weighted by Gasteiger charge is -2.04. The summed E-state index contributed by atoms with van der Waals surface area (Å²) >= 11 is 0. The van der Waals surface area contributed by atoms with Crippen LogP contribution in [0.5, 0.6) is 0 Å². The standard InChI is InChI=1S/C6H8F2N2/c7-6(8)1-4(3-9)5(10)2-6/h4-5H,1-2,10H2/t4-,5+/m1/s1. The van der Waals surface area contributed by atoms with Crippen molar-refractivity contribution in [2.75, 3.05) is 0 Å². The van der Waals surface area contributed by atoms with Crippen LogP contribution in [0.15, 0.2) is 0 Å². The number of nitrogens with zero attached hydrogens (tertiary/aromatic N) is 1. The molecule has 1 aliphatic rings. The molecule has 0 heterocycles. The molecule has 0 aromatic rings. The molecular formula is C6H8F2N2. The lowest BCUT2D eigenvalue weighted by atomic mass is 10.1. The largest absolute Gasteiger partial charge is 0.326 e. The van der Waals surface area contributed by atoms with E-state index in [9.17, 15) is 8.78 Å². The summed E-state index contributed by atoms with van der Waals surface area (Å²) in [6.07, 6.45) is -0.712. The third-order valence-corrected chi connectivity index (χ3v) is 1.74. The smallest absolute Gasteiger partial charge is 0.251 e. The molecule has 0 radical (unpaired) electrons. The van der Waals surface area contributed by atoms with E-state index >= 15 is 0 Å². The maximum atomic E-state index is 12.4. The molecule has 1 rings (SSSR count). The fourth-order valence-corrected chi connectivity index (χ4v) is 1.18. The van der Waals surface area contributed by atoms with Gasteiger partial charge in [-0.3, -0.25) is 0 Å². The van der Waals surface area contributed by atoms with Crippen LogP contribution in [0.1, 0.15) is 12.8 Å². The van der Waals surface area contributed by atoms with Gasteiger partial charge in [0.2, 0.25) is 0 Å². The van der Waals surface area contributed by atoms with Crippen molar-refractivity contribution in [2.24, 2.45) is 11.7 Å². The molecule has 2 nitrogen and oxygen atoms in total. The summed E-state index contributed by atoms with van der Waals surface area (Å²) in [5, 5.41) is 8.31. The van der Waals surface area contributed by atoms with Crippen LogP contribution in [-0.2, 0) is 0 Å². The van der Waals surface area contributed by atoms with Crippen molar-refractivity contribution in [3.8, 4) is 6.07 Å². The van der Waals surface area contributed by atoms with Crippen molar-refractivity contribution >= 4 is 0 Å². The first-order valence-corrected chi connectivity index (χ1v) is 3.08. The molecule has 0 spiro atoms. The predicted molar refractivity (Wildman–Crippen MR) is 31.3 cm³/mol. The molecule has 0 amide bonds. The van der Waals surface area contributed by atoms with Gasteiger partial charge in [-0.05, 0) is 0 Å². The van der Waals surface area contributed by atoms with E-state index in [-0.39, 0.29) is 12.8 Å². The van der Waals surface area contributed by atoms with Crippen molar-refractivity contribution in [1.29, 1.82) is 5.26 Å². The lowest BCUT2D eigenvalue weighted by molar-refractivity contribution is 0.00602. The second kappa shape index (κ2) is 2.17. The topological polar surface area (TPSA) is 49.8 Å². The molecule has 0 unspecified atom stereocenters. The molecule has 1 fully saturated rings. The third kappa shape index (κ3) is 1.24. The molecular weight excluding hydrogens is 138 g/mol. The Kier molecular flexibility index (Phi) is 1.61. The van der Waals surface area contributed by atoms with Gasteiger partial charge in [-0.25, -0.2) is 8.78 Å². The number of halogens is 2. The van der Waals surface area contributed by atoms with Crippen LogP contribution in [0, 0.1) is 17.2 Å². The first kappa shape index (κ1) is 7.42. The molecule has 10 heavy (non-hydrogen) atoms. The highest BCUT2D eigenvalue weighted by molar-refractivity contribution is 5.01. The molecule has 56 valence electrons. The molecule has 2 atom stereocenters. The number of nitrogens with two attached hydrogens (primary N) is 1. The maximum absolute atomic E-state index is 12.4. The second-order valence-electron chi connectivity index (χ2n) is 2.66. The van der Waals surface area contributed by atoms with Crippen LogP contribution in [0.25, 0.3) is 0 Å². The Morgan fingerprint density at radius 1 is 1.50 bits per heavy atom. The SMILES string of the molecule is N#C[C@H]1CC(F)(F)C[C@@H]1N. The van der Waals surface area contributed by atoms with Gasteiger partial charge < -0.3 is 5.73 Å². The predicted octanol–water partition coefficient (Wildman–Crippen LogP) is 0.883. The quantitative estimate of drug-likeness (QED) is 0.551. The Morgan fingerprint density at radius 3 is 2.30 bits per heavy atom. The molecule has 4 heteroatoms. The highest BCUT2D eigenvalue weighted by Crippen LogP contribution is 2.37. The zero-order valence-electron chi connectivity index (χ0n) is 5.35. The van der Waals surface area contributed by atoms with Gasteiger partial charge >= 0.3 is 0 Å². The molecule has 0 bridgehead atoms. The van der Waals surface area contributed by atoms with Crippen molar-refractivity contribution in [1.82, 2.24) is 0 Å². The monoisotopic (exact) mass is 146 g/mol. The van der Waals surface area contributed by atoms with Crippen LogP contribution in [-0.4, -0.2) is 12.0 Å². The van der Waals surface area contributed by atoms with E-state index < -0.39 is 17.9 Å². The number of alkyl halides is 2. The van der Waals surface area contributed by atoms with Crippen LogP contribution in [0.2, 0.25) is 0 Å². The van der Waals surface area contributed by atoms with Crippen LogP contribution < -0.4 is 5.73 Å². The van der Waals surface area contributed by atoms with E-state index in [4.69, 9.17) is 11.0 Å². The van der Waals surface area contributed by atoms with Gasteiger partial charge in [0.15, 0.2) is 0 Å². The summed E-state index contributed by atoms with van der Waals surface area (Å²) in [5.74, 6) is -3.37. The van der Waals surface area contributed by atoms with Gasteiger partial charge in [-0.1, -0.05) is 0 Å². The summed E-state index contributed by atoms with van der Waals surface area (Å²) in [6.45, 7) is 0. The summed E-state index contributed by atoms with van der Waals surface area (Å²) in [4.78, 5) is 0. The number of hydrogen-bond donors (Lipinski definition) is 1. The number of rotatable bonds is 0. The highest BCUT2D eigenvalue weighted by Gasteiger charge is 2.44. The Hall–Kier alpha value is -0.690. The average Bonchev–Trinajstić information content (AvgIpc) is 2.05. The third-order valence-electron chi connectivity index (χ3n) is 1.74. The Labute approximate surface area is 57.6 Å². The van der Waals surface area contributed by atoms with Crippen LogP contribution >= 0.6 is 0 Å². The number of nitriles is 1. The summed E-state index contributed by atoms with van der Waals surface area (Å²) < 4.78 is 24.8. The molecule has 0 aromatic heterocycles. The summed E-state index contributed by atoms with van der Waals surface area (Å²) in [7, 11) is 0. The Balaban J connectivity index is 2.63. The van der Waals surface area contributed by atoms with E-state index in [1.807, 2.05) is 0 Å². The van der Waals surface area contributed by atoms with E-state index in [2.05, 4.69) is 0 Å². The maximum Gasteiger partial charge on any atom is 0.251 e. The minimum atomic E-state index is -2.71. The van der Waals surface area contributed by atoms with Gasteiger partial charge in [0.05, 0.1) is 12.0 Å².